The molecule has 1 aliphatic heterocycles. The highest BCUT2D eigenvalue weighted by atomic mass is 16.6. The van der Waals surface area contributed by atoms with Gasteiger partial charge >= 0.3 is 0 Å². The SMILES string of the molecule is Cc1ccc([N+](=O)[O-])cc1NC(=O)CN1CCN(CC(=O)Nc2cc([N+](=O)[O-])ccc2C)C(C)C1. The zero-order valence-corrected chi connectivity index (χ0v) is 19.8. The number of piperazine rings is 1. The van der Waals surface area contributed by atoms with Crippen molar-refractivity contribution in [1.29, 1.82) is 0 Å². The molecule has 0 radical (unpaired) electrons. The zero-order chi connectivity index (χ0) is 25.7. The molecule has 1 aliphatic rings. The number of non-ortho nitro benzene ring substituents is 2. The lowest BCUT2D eigenvalue weighted by Crippen LogP contribution is -2.55. The molecule has 1 heterocycles. The topological polar surface area (TPSA) is 151 Å². The highest BCUT2D eigenvalue weighted by molar-refractivity contribution is 5.94. The number of hydrogen-bond donors (Lipinski definition) is 2. The normalized spacial score (nSPS) is 16.5. The molecule has 2 N–H and O–H groups in total. The Morgan fingerprint density at radius 3 is 1.83 bits per heavy atom. The Labute approximate surface area is 202 Å². The number of nitro benzene ring substituents is 2. The monoisotopic (exact) mass is 484 g/mol. The third kappa shape index (κ3) is 6.80. The molecule has 1 atom stereocenters. The molecule has 12 heteroatoms. The molecular formula is C23H28N6O6. The van der Waals surface area contributed by atoms with E-state index in [2.05, 4.69) is 10.6 Å². The Morgan fingerprint density at radius 2 is 1.37 bits per heavy atom. The Hall–Kier alpha value is -3.90. The summed E-state index contributed by atoms with van der Waals surface area (Å²) in [6.45, 7) is 7.42. The molecule has 1 unspecified atom stereocenters. The number of nitrogens with one attached hydrogen (secondary N) is 2. The van der Waals surface area contributed by atoms with Crippen LogP contribution < -0.4 is 10.6 Å². The van der Waals surface area contributed by atoms with Crippen LogP contribution in [0.5, 0.6) is 0 Å². The van der Waals surface area contributed by atoms with Crippen molar-refractivity contribution < 1.29 is 19.4 Å². The largest absolute Gasteiger partial charge is 0.324 e. The molecule has 2 aromatic carbocycles. The Bertz CT molecular complexity index is 1150. The van der Waals surface area contributed by atoms with Crippen molar-refractivity contribution in [3.63, 3.8) is 0 Å². The lowest BCUT2D eigenvalue weighted by molar-refractivity contribution is -0.385. The van der Waals surface area contributed by atoms with E-state index in [1.54, 1.807) is 26.0 Å². The van der Waals surface area contributed by atoms with Gasteiger partial charge in [0.2, 0.25) is 11.8 Å². The summed E-state index contributed by atoms with van der Waals surface area (Å²) >= 11 is 0. The van der Waals surface area contributed by atoms with Crippen molar-refractivity contribution in [1.82, 2.24) is 9.80 Å². The van der Waals surface area contributed by atoms with E-state index >= 15 is 0 Å². The number of benzene rings is 2. The maximum absolute atomic E-state index is 12.6. The third-order valence-corrected chi connectivity index (χ3v) is 5.98. The first-order valence-electron chi connectivity index (χ1n) is 11.1. The van der Waals surface area contributed by atoms with Gasteiger partial charge in [-0.05, 0) is 31.9 Å². The van der Waals surface area contributed by atoms with Gasteiger partial charge in [0.05, 0.1) is 34.3 Å². The predicted molar refractivity (Wildman–Crippen MR) is 130 cm³/mol. The first-order valence-corrected chi connectivity index (χ1v) is 11.1. The van der Waals surface area contributed by atoms with Crippen LogP contribution in [0.4, 0.5) is 22.7 Å². The molecular weight excluding hydrogens is 456 g/mol. The number of hydrogen-bond acceptors (Lipinski definition) is 8. The van der Waals surface area contributed by atoms with Crippen LogP contribution in [0.15, 0.2) is 36.4 Å². The fraction of sp³-hybridized carbons (Fsp3) is 0.391. The molecule has 2 aromatic rings. The van der Waals surface area contributed by atoms with Crippen LogP contribution in [0.25, 0.3) is 0 Å². The van der Waals surface area contributed by atoms with E-state index in [0.29, 0.717) is 31.0 Å². The average Bonchev–Trinajstić information content (AvgIpc) is 2.78. The molecule has 0 aliphatic carbocycles. The molecule has 1 fully saturated rings. The molecule has 12 nitrogen and oxygen atoms in total. The van der Waals surface area contributed by atoms with Crippen LogP contribution in [0.3, 0.4) is 0 Å². The highest BCUT2D eigenvalue weighted by Gasteiger charge is 2.27. The van der Waals surface area contributed by atoms with Crippen LogP contribution in [-0.4, -0.2) is 70.2 Å². The van der Waals surface area contributed by atoms with E-state index in [0.717, 1.165) is 11.1 Å². The van der Waals surface area contributed by atoms with Gasteiger partial charge in [-0.3, -0.25) is 39.6 Å². The number of carbonyl (C=O) groups is 2. The van der Waals surface area contributed by atoms with Gasteiger partial charge in [-0.15, -0.1) is 0 Å². The molecule has 2 amide bonds. The van der Waals surface area contributed by atoms with Gasteiger partial charge in [0.1, 0.15) is 0 Å². The van der Waals surface area contributed by atoms with Crippen molar-refractivity contribution in [2.45, 2.75) is 26.8 Å². The van der Waals surface area contributed by atoms with Crippen LogP contribution in [0.2, 0.25) is 0 Å². The minimum absolute atomic E-state index is 0.00643. The minimum Gasteiger partial charge on any atom is -0.324 e. The molecule has 186 valence electrons. The summed E-state index contributed by atoms with van der Waals surface area (Å²) in [7, 11) is 0. The fourth-order valence-corrected chi connectivity index (χ4v) is 3.93. The molecule has 1 saturated heterocycles. The Balaban J connectivity index is 1.52. The van der Waals surface area contributed by atoms with E-state index in [9.17, 15) is 29.8 Å². The Morgan fingerprint density at radius 1 is 0.886 bits per heavy atom. The molecule has 0 spiro atoms. The maximum Gasteiger partial charge on any atom is 0.271 e. The number of carbonyl (C=O) groups excluding carboxylic acids is 2. The van der Waals surface area contributed by atoms with Crippen molar-refractivity contribution in [2.75, 3.05) is 43.4 Å². The van der Waals surface area contributed by atoms with Gasteiger partial charge in [-0.25, -0.2) is 0 Å². The molecule has 0 bridgehead atoms. The van der Waals surface area contributed by atoms with Crippen LogP contribution in [-0.2, 0) is 9.59 Å². The van der Waals surface area contributed by atoms with Gasteiger partial charge in [-0.1, -0.05) is 12.1 Å². The third-order valence-electron chi connectivity index (χ3n) is 5.98. The maximum atomic E-state index is 12.6. The summed E-state index contributed by atoms with van der Waals surface area (Å²) < 4.78 is 0. The first kappa shape index (κ1) is 25.7. The smallest absolute Gasteiger partial charge is 0.271 e. The van der Waals surface area contributed by atoms with Crippen LogP contribution in [0.1, 0.15) is 18.1 Å². The second-order valence-electron chi connectivity index (χ2n) is 8.66. The van der Waals surface area contributed by atoms with Crippen molar-refractivity contribution >= 4 is 34.6 Å². The molecule has 35 heavy (non-hydrogen) atoms. The van der Waals surface area contributed by atoms with Crippen LogP contribution in [0, 0.1) is 34.1 Å². The molecule has 0 aromatic heterocycles. The van der Waals surface area contributed by atoms with E-state index in [4.69, 9.17) is 0 Å². The number of nitro groups is 2. The van der Waals surface area contributed by atoms with Gasteiger partial charge in [0.25, 0.3) is 11.4 Å². The van der Waals surface area contributed by atoms with Crippen molar-refractivity contribution in [2.24, 2.45) is 0 Å². The van der Waals surface area contributed by atoms with Gasteiger partial charge < -0.3 is 10.6 Å². The van der Waals surface area contributed by atoms with E-state index < -0.39 is 9.85 Å². The lowest BCUT2D eigenvalue weighted by Gasteiger charge is -2.39. The minimum atomic E-state index is -0.507. The Kier molecular flexibility index (Phi) is 8.10. The number of amides is 2. The second kappa shape index (κ2) is 11.0. The number of nitrogens with zero attached hydrogens (tertiary/aromatic N) is 4. The van der Waals surface area contributed by atoms with E-state index in [-0.39, 0.29) is 42.3 Å². The number of aryl methyl sites for hydroxylation is 2. The lowest BCUT2D eigenvalue weighted by atomic mass is 10.1. The summed E-state index contributed by atoms with van der Waals surface area (Å²) in [5.74, 6) is -0.541. The van der Waals surface area contributed by atoms with E-state index in [1.165, 1.54) is 24.3 Å². The molecule has 0 saturated carbocycles. The second-order valence-corrected chi connectivity index (χ2v) is 8.66. The predicted octanol–water partition coefficient (Wildman–Crippen LogP) is 2.70. The summed E-state index contributed by atoms with van der Waals surface area (Å²) in [6.07, 6.45) is 0. The van der Waals surface area contributed by atoms with Crippen molar-refractivity contribution in [3.05, 3.63) is 67.8 Å². The standard InChI is InChI=1S/C23H28N6O6/c1-15-4-6-18(28(32)33)10-20(15)24-22(30)13-26-8-9-27(17(3)12-26)14-23(31)25-21-11-19(29(34)35)7-5-16(21)2/h4-7,10-11,17H,8-9,12-14H2,1-3H3,(H,24,30)(H,25,31). The highest BCUT2D eigenvalue weighted by Crippen LogP contribution is 2.23. The zero-order valence-electron chi connectivity index (χ0n) is 19.8. The number of anilines is 2. The fourth-order valence-electron chi connectivity index (χ4n) is 3.93. The quantitative estimate of drug-likeness (QED) is 0.429. The summed E-state index contributed by atoms with van der Waals surface area (Å²) in [5.41, 5.74) is 2.09. The summed E-state index contributed by atoms with van der Waals surface area (Å²) in [4.78, 5) is 50.1. The summed E-state index contributed by atoms with van der Waals surface area (Å²) in [5, 5.41) is 27.5. The van der Waals surface area contributed by atoms with Gasteiger partial charge in [-0.2, -0.15) is 0 Å². The van der Waals surface area contributed by atoms with Crippen molar-refractivity contribution in [3.8, 4) is 0 Å². The van der Waals surface area contributed by atoms with E-state index in [1.807, 2.05) is 16.7 Å². The van der Waals surface area contributed by atoms with Gasteiger partial charge in [0, 0.05) is 49.9 Å². The molecule has 3 rings (SSSR count). The van der Waals surface area contributed by atoms with Gasteiger partial charge in [0.15, 0.2) is 0 Å². The summed E-state index contributed by atoms with van der Waals surface area (Å²) in [6, 6.07) is 8.65. The van der Waals surface area contributed by atoms with Crippen LogP contribution >= 0.6 is 0 Å². The number of rotatable bonds is 8. The average molecular weight is 485 g/mol. The first-order chi connectivity index (χ1) is 16.5.